The molecular formula is C15H18N6OS2. The van der Waals surface area contributed by atoms with Gasteiger partial charge in [0, 0.05) is 4.88 Å². The summed E-state index contributed by atoms with van der Waals surface area (Å²) < 4.78 is 1.92. The Balaban J connectivity index is 1.57. The molecule has 1 aliphatic rings. The Hall–Kier alpha value is -1.74. The number of H-pyrrole nitrogens is 1. The molecule has 4 rings (SSSR count). The van der Waals surface area contributed by atoms with E-state index in [0.717, 1.165) is 33.3 Å². The van der Waals surface area contributed by atoms with Crippen LogP contribution in [0.4, 0.5) is 0 Å². The fourth-order valence-electron chi connectivity index (χ4n) is 3.16. The minimum absolute atomic E-state index is 0.0622. The maximum atomic E-state index is 12.3. The Morgan fingerprint density at radius 3 is 2.92 bits per heavy atom. The molecule has 7 nitrogen and oxygen atoms in total. The number of nitrogens with zero attached hydrogens (tertiary/aromatic N) is 5. The molecule has 0 radical (unpaired) electrons. The summed E-state index contributed by atoms with van der Waals surface area (Å²) in [7, 11) is 0. The molecule has 0 atom stereocenters. The number of aromatic nitrogens is 6. The molecule has 1 saturated carbocycles. The lowest BCUT2D eigenvalue weighted by molar-refractivity contribution is 0.423. The van der Waals surface area contributed by atoms with Crippen molar-refractivity contribution < 1.29 is 0 Å². The molecule has 3 heterocycles. The number of hydrogen-bond donors (Lipinski definition) is 1. The second-order valence-corrected chi connectivity index (χ2v) is 8.25. The van der Waals surface area contributed by atoms with Crippen LogP contribution in [0.5, 0.6) is 0 Å². The summed E-state index contributed by atoms with van der Waals surface area (Å²) in [6.45, 7) is 3.99. The van der Waals surface area contributed by atoms with Crippen LogP contribution < -0.4 is 5.56 Å². The van der Waals surface area contributed by atoms with Crippen LogP contribution in [0, 0.1) is 13.8 Å². The number of aryl methyl sites for hydroxylation is 2. The summed E-state index contributed by atoms with van der Waals surface area (Å²) in [4.78, 5) is 21.8. The predicted molar refractivity (Wildman–Crippen MR) is 94.6 cm³/mol. The van der Waals surface area contributed by atoms with Crippen LogP contribution in [0.15, 0.2) is 9.95 Å². The van der Waals surface area contributed by atoms with E-state index in [1.54, 1.807) is 11.3 Å². The zero-order chi connectivity index (χ0) is 16.7. The number of hydrogen-bond acceptors (Lipinski definition) is 7. The third-order valence-corrected chi connectivity index (χ3v) is 6.61. The van der Waals surface area contributed by atoms with Gasteiger partial charge in [0.25, 0.3) is 5.56 Å². The minimum atomic E-state index is -0.0622. The van der Waals surface area contributed by atoms with Crippen molar-refractivity contribution in [3.8, 4) is 0 Å². The van der Waals surface area contributed by atoms with Crippen LogP contribution >= 0.6 is 23.1 Å². The van der Waals surface area contributed by atoms with Crippen LogP contribution in [-0.2, 0) is 5.75 Å². The van der Waals surface area contributed by atoms with E-state index in [2.05, 4.69) is 25.5 Å². The van der Waals surface area contributed by atoms with Crippen LogP contribution in [0.3, 0.4) is 0 Å². The molecule has 3 aromatic heterocycles. The van der Waals surface area contributed by atoms with Crippen molar-refractivity contribution in [3.05, 3.63) is 26.6 Å². The van der Waals surface area contributed by atoms with E-state index in [1.165, 1.54) is 24.6 Å². The highest BCUT2D eigenvalue weighted by Crippen LogP contribution is 2.32. The van der Waals surface area contributed by atoms with Gasteiger partial charge in [-0.1, -0.05) is 24.6 Å². The number of thiophene rings is 1. The van der Waals surface area contributed by atoms with Crippen molar-refractivity contribution in [2.75, 3.05) is 0 Å². The summed E-state index contributed by atoms with van der Waals surface area (Å²) in [5.74, 6) is 1.22. The first-order valence-electron chi connectivity index (χ1n) is 8.03. The molecule has 0 spiro atoms. The molecule has 24 heavy (non-hydrogen) atoms. The van der Waals surface area contributed by atoms with Crippen molar-refractivity contribution in [2.45, 2.75) is 56.5 Å². The fraction of sp³-hybridized carbons (Fsp3) is 0.533. The van der Waals surface area contributed by atoms with Crippen molar-refractivity contribution in [1.82, 2.24) is 30.2 Å². The number of rotatable bonds is 4. The smallest absolute Gasteiger partial charge is 0.259 e. The van der Waals surface area contributed by atoms with E-state index in [1.807, 2.05) is 18.5 Å². The summed E-state index contributed by atoms with van der Waals surface area (Å²) in [5, 5.41) is 13.6. The second-order valence-electron chi connectivity index (χ2n) is 6.11. The van der Waals surface area contributed by atoms with Gasteiger partial charge in [0.2, 0.25) is 5.16 Å². The first kappa shape index (κ1) is 15.8. The van der Waals surface area contributed by atoms with Gasteiger partial charge in [-0.3, -0.25) is 4.79 Å². The lowest BCUT2D eigenvalue weighted by Gasteiger charge is -2.10. The van der Waals surface area contributed by atoms with Crippen LogP contribution in [0.2, 0.25) is 0 Å². The number of nitrogens with one attached hydrogen (secondary N) is 1. The largest absolute Gasteiger partial charge is 0.309 e. The first-order chi connectivity index (χ1) is 11.6. The molecule has 0 aliphatic heterocycles. The van der Waals surface area contributed by atoms with Crippen molar-refractivity contribution >= 4 is 33.3 Å². The average Bonchev–Trinajstić information content (AvgIpc) is 3.26. The Kier molecular flexibility index (Phi) is 4.13. The molecule has 9 heteroatoms. The zero-order valence-corrected chi connectivity index (χ0v) is 15.2. The molecule has 0 bridgehead atoms. The normalized spacial score (nSPS) is 15.6. The lowest BCUT2D eigenvalue weighted by Crippen LogP contribution is -2.11. The average molecular weight is 362 g/mol. The number of thioether (sulfide) groups is 1. The summed E-state index contributed by atoms with van der Waals surface area (Å²) >= 11 is 3.09. The molecule has 3 aromatic rings. The van der Waals surface area contributed by atoms with Gasteiger partial charge in [-0.05, 0) is 42.7 Å². The van der Waals surface area contributed by atoms with Crippen molar-refractivity contribution in [1.29, 1.82) is 0 Å². The summed E-state index contributed by atoms with van der Waals surface area (Å²) in [6.07, 6.45) is 4.73. The molecule has 0 unspecified atom stereocenters. The van der Waals surface area contributed by atoms with E-state index in [0.29, 0.717) is 23.0 Å². The fourth-order valence-corrected chi connectivity index (χ4v) is 5.02. The molecule has 0 aromatic carbocycles. The Labute approximate surface area is 146 Å². The highest BCUT2D eigenvalue weighted by atomic mass is 32.2. The number of tetrazole rings is 1. The Morgan fingerprint density at radius 2 is 2.12 bits per heavy atom. The van der Waals surface area contributed by atoms with Crippen LogP contribution in [0.25, 0.3) is 10.2 Å². The van der Waals surface area contributed by atoms with Gasteiger partial charge in [-0.2, -0.15) is 0 Å². The third-order valence-electron chi connectivity index (χ3n) is 4.56. The highest BCUT2D eigenvalue weighted by Gasteiger charge is 2.22. The van der Waals surface area contributed by atoms with E-state index < -0.39 is 0 Å². The van der Waals surface area contributed by atoms with Gasteiger partial charge in [-0.15, -0.1) is 16.4 Å². The molecule has 1 aliphatic carbocycles. The Bertz CT molecular complexity index is 937. The van der Waals surface area contributed by atoms with Gasteiger partial charge in [0.15, 0.2) is 0 Å². The standard InChI is InChI=1S/C15H18N6OS2/c1-8-9(2)24-14-12(8)13(22)16-11(17-14)7-23-15-18-19-20-21(15)10-5-3-4-6-10/h10H,3-7H2,1-2H3,(H,16,17,22). The maximum absolute atomic E-state index is 12.3. The van der Waals surface area contributed by atoms with Gasteiger partial charge in [0.05, 0.1) is 17.2 Å². The topological polar surface area (TPSA) is 89.3 Å². The number of aromatic amines is 1. The van der Waals surface area contributed by atoms with Gasteiger partial charge < -0.3 is 4.98 Å². The quantitative estimate of drug-likeness (QED) is 0.718. The maximum Gasteiger partial charge on any atom is 0.259 e. The van der Waals surface area contributed by atoms with Gasteiger partial charge in [-0.25, -0.2) is 9.67 Å². The SMILES string of the molecule is Cc1sc2nc(CSc3nnnn3C3CCCC3)[nH]c(=O)c2c1C. The lowest BCUT2D eigenvalue weighted by atomic mass is 10.2. The van der Waals surface area contributed by atoms with Gasteiger partial charge in [0.1, 0.15) is 10.7 Å². The van der Waals surface area contributed by atoms with Crippen molar-refractivity contribution in [2.24, 2.45) is 0 Å². The van der Waals surface area contributed by atoms with E-state index in [4.69, 9.17) is 0 Å². The second kappa shape index (κ2) is 6.29. The van der Waals surface area contributed by atoms with Gasteiger partial charge >= 0.3 is 0 Å². The van der Waals surface area contributed by atoms with E-state index in [-0.39, 0.29) is 5.56 Å². The molecular weight excluding hydrogens is 344 g/mol. The monoisotopic (exact) mass is 362 g/mol. The van der Waals surface area contributed by atoms with Crippen LogP contribution in [0.1, 0.15) is 48.0 Å². The van der Waals surface area contributed by atoms with E-state index >= 15 is 0 Å². The zero-order valence-electron chi connectivity index (χ0n) is 13.6. The third kappa shape index (κ3) is 2.75. The Morgan fingerprint density at radius 1 is 1.33 bits per heavy atom. The summed E-state index contributed by atoms with van der Waals surface area (Å²) in [6, 6.07) is 0.402. The molecule has 1 fully saturated rings. The predicted octanol–water partition coefficient (Wildman–Crippen LogP) is 3.00. The van der Waals surface area contributed by atoms with Crippen molar-refractivity contribution in [3.63, 3.8) is 0 Å². The number of fused-ring (bicyclic) bond motifs is 1. The molecule has 0 saturated heterocycles. The molecule has 126 valence electrons. The first-order valence-corrected chi connectivity index (χ1v) is 9.83. The minimum Gasteiger partial charge on any atom is -0.309 e. The molecule has 0 amide bonds. The highest BCUT2D eigenvalue weighted by molar-refractivity contribution is 7.98. The van der Waals surface area contributed by atoms with E-state index in [9.17, 15) is 4.79 Å². The molecule has 1 N–H and O–H groups in total. The summed E-state index contributed by atoms with van der Waals surface area (Å²) in [5.41, 5.74) is 0.959. The van der Waals surface area contributed by atoms with Crippen LogP contribution in [-0.4, -0.2) is 30.2 Å².